The molecule has 3 aromatic heterocycles. The number of amides is 1. The zero-order valence-corrected chi connectivity index (χ0v) is 20.6. The number of alkyl halides is 3. The second-order valence-corrected chi connectivity index (χ2v) is 8.87. The number of hydrogen-bond donors (Lipinski definition) is 2. The maximum atomic E-state index is 13.6. The fourth-order valence-corrected chi connectivity index (χ4v) is 3.89. The Balaban J connectivity index is 1.44. The van der Waals surface area contributed by atoms with E-state index < -0.39 is 17.6 Å². The molecule has 0 aliphatic rings. The Kier molecular flexibility index (Phi) is 6.20. The number of halogens is 3. The van der Waals surface area contributed by atoms with Crippen molar-refractivity contribution < 1.29 is 18.0 Å². The van der Waals surface area contributed by atoms with E-state index in [1.807, 2.05) is 19.9 Å². The molecule has 5 rings (SSSR count). The second kappa shape index (κ2) is 9.52. The Labute approximate surface area is 215 Å². The minimum atomic E-state index is -4.59. The lowest BCUT2D eigenvalue weighted by Crippen LogP contribution is -2.14. The number of carbonyl (C=O) groups is 1. The first kappa shape index (κ1) is 24.8. The number of aryl methyl sites for hydroxylation is 3. The summed E-state index contributed by atoms with van der Waals surface area (Å²) in [6.45, 7) is 5.49. The summed E-state index contributed by atoms with van der Waals surface area (Å²) >= 11 is 0. The molecule has 0 unspecified atom stereocenters. The number of H-pyrrole nitrogens is 1. The number of nitrogens with one attached hydrogen (secondary N) is 2. The van der Waals surface area contributed by atoms with E-state index in [2.05, 4.69) is 37.3 Å². The van der Waals surface area contributed by atoms with Gasteiger partial charge in [0, 0.05) is 51.5 Å². The fourth-order valence-electron chi connectivity index (χ4n) is 3.89. The van der Waals surface area contributed by atoms with Gasteiger partial charge in [-0.2, -0.15) is 18.3 Å². The summed E-state index contributed by atoms with van der Waals surface area (Å²) in [5, 5.41) is 10.4. The maximum Gasteiger partial charge on any atom is 0.416 e. The van der Waals surface area contributed by atoms with Crippen molar-refractivity contribution in [2.24, 2.45) is 0 Å². The minimum Gasteiger partial charge on any atom is -0.322 e. The van der Waals surface area contributed by atoms with E-state index in [-0.39, 0.29) is 16.9 Å². The van der Waals surface area contributed by atoms with Crippen LogP contribution in [0.25, 0.3) is 16.7 Å². The van der Waals surface area contributed by atoms with Gasteiger partial charge >= 0.3 is 6.18 Å². The summed E-state index contributed by atoms with van der Waals surface area (Å²) in [4.78, 5) is 21.4. The average Bonchev–Trinajstić information content (AvgIpc) is 3.48. The van der Waals surface area contributed by atoms with E-state index in [0.29, 0.717) is 22.5 Å². The molecule has 0 atom stereocenters. The van der Waals surface area contributed by atoms with Gasteiger partial charge in [-0.3, -0.25) is 9.89 Å². The molecule has 10 heteroatoms. The Bertz CT molecular complexity index is 1750. The van der Waals surface area contributed by atoms with Crippen molar-refractivity contribution in [3.63, 3.8) is 0 Å². The summed E-state index contributed by atoms with van der Waals surface area (Å²) in [7, 11) is 0. The number of nitrogens with zero attached hydrogens (tertiary/aromatic N) is 4. The lowest BCUT2D eigenvalue weighted by atomic mass is 10.0. The van der Waals surface area contributed by atoms with Crippen LogP contribution in [-0.2, 0) is 6.18 Å². The first-order valence-corrected chi connectivity index (χ1v) is 11.5. The van der Waals surface area contributed by atoms with Crippen molar-refractivity contribution in [2.45, 2.75) is 26.9 Å². The van der Waals surface area contributed by atoms with E-state index in [4.69, 9.17) is 0 Å². The van der Waals surface area contributed by atoms with E-state index in [1.54, 1.807) is 37.5 Å². The lowest BCUT2D eigenvalue weighted by Gasteiger charge is -2.14. The number of carbonyl (C=O) groups excluding carboxylic acids is 1. The average molecular weight is 515 g/mol. The van der Waals surface area contributed by atoms with Crippen LogP contribution in [0.15, 0.2) is 61.2 Å². The molecule has 0 bridgehead atoms. The van der Waals surface area contributed by atoms with E-state index in [0.717, 1.165) is 28.8 Å². The third kappa shape index (κ3) is 5.13. The smallest absolute Gasteiger partial charge is 0.322 e. The van der Waals surface area contributed by atoms with Crippen molar-refractivity contribution in [3.05, 3.63) is 100 Å². The van der Waals surface area contributed by atoms with Gasteiger partial charge in [0.1, 0.15) is 0 Å². The highest BCUT2D eigenvalue weighted by Gasteiger charge is 2.31. The van der Waals surface area contributed by atoms with Crippen LogP contribution in [0.3, 0.4) is 0 Å². The van der Waals surface area contributed by atoms with Crippen LogP contribution < -0.4 is 5.32 Å². The molecule has 190 valence electrons. The van der Waals surface area contributed by atoms with Crippen LogP contribution in [0.1, 0.15) is 44.0 Å². The molecule has 0 aliphatic carbocycles. The van der Waals surface area contributed by atoms with Crippen molar-refractivity contribution in [2.75, 3.05) is 5.32 Å². The number of imidazole rings is 1. The van der Waals surface area contributed by atoms with Crippen LogP contribution in [0.2, 0.25) is 0 Å². The van der Waals surface area contributed by atoms with Crippen molar-refractivity contribution in [3.8, 4) is 17.5 Å². The fraction of sp³-hybridized carbons (Fsp3) is 0.143. The number of aromatic amines is 1. The van der Waals surface area contributed by atoms with E-state index in [9.17, 15) is 18.0 Å². The number of fused-ring (bicyclic) bond motifs is 1. The number of hydrogen-bond acceptors (Lipinski definition) is 4. The van der Waals surface area contributed by atoms with Gasteiger partial charge in [0.05, 0.1) is 17.6 Å². The second-order valence-electron chi connectivity index (χ2n) is 8.87. The Morgan fingerprint density at radius 2 is 1.84 bits per heavy atom. The first-order valence-electron chi connectivity index (χ1n) is 11.5. The SMILES string of the molecule is Cc1cn(-c2cc(NC(=O)c3ccc(C)c(C#Cc4cnc5n[nH]c(C)c5c4)c3)cc(C(F)(F)F)c2)cn1. The molecule has 2 aromatic carbocycles. The van der Waals surface area contributed by atoms with Crippen LogP contribution in [0.5, 0.6) is 0 Å². The monoisotopic (exact) mass is 514 g/mol. The van der Waals surface area contributed by atoms with Gasteiger partial charge in [-0.15, -0.1) is 0 Å². The summed E-state index contributed by atoms with van der Waals surface area (Å²) < 4.78 is 42.2. The van der Waals surface area contributed by atoms with Crippen LogP contribution in [0, 0.1) is 32.6 Å². The number of rotatable bonds is 3. The van der Waals surface area contributed by atoms with Crippen LogP contribution in [0.4, 0.5) is 18.9 Å². The molecule has 3 heterocycles. The maximum absolute atomic E-state index is 13.6. The Morgan fingerprint density at radius 3 is 2.58 bits per heavy atom. The molecular formula is C28H21F3N6O. The highest BCUT2D eigenvalue weighted by Crippen LogP contribution is 2.33. The van der Waals surface area contributed by atoms with Gasteiger partial charge in [-0.1, -0.05) is 17.9 Å². The van der Waals surface area contributed by atoms with Crippen molar-refractivity contribution in [1.29, 1.82) is 0 Å². The third-order valence-corrected chi connectivity index (χ3v) is 5.95. The molecule has 0 fully saturated rings. The summed E-state index contributed by atoms with van der Waals surface area (Å²) in [5.74, 6) is 5.57. The molecule has 1 amide bonds. The molecule has 7 nitrogen and oxygen atoms in total. The summed E-state index contributed by atoms with van der Waals surface area (Å²) in [6.07, 6.45) is 0.0503. The number of aromatic nitrogens is 5. The van der Waals surface area contributed by atoms with E-state index in [1.165, 1.54) is 17.0 Å². The summed E-state index contributed by atoms with van der Waals surface area (Å²) in [6, 6.07) is 10.2. The largest absolute Gasteiger partial charge is 0.416 e. The molecule has 38 heavy (non-hydrogen) atoms. The molecule has 0 spiro atoms. The summed E-state index contributed by atoms with van der Waals surface area (Å²) in [5.41, 5.74) is 3.89. The first-order chi connectivity index (χ1) is 18.1. The van der Waals surface area contributed by atoms with Gasteiger partial charge in [0.2, 0.25) is 0 Å². The predicted molar refractivity (Wildman–Crippen MR) is 137 cm³/mol. The highest BCUT2D eigenvalue weighted by molar-refractivity contribution is 6.04. The zero-order valence-electron chi connectivity index (χ0n) is 20.6. The molecule has 5 aromatic rings. The van der Waals surface area contributed by atoms with Crippen molar-refractivity contribution in [1.82, 2.24) is 24.7 Å². The Hall–Kier alpha value is -4.91. The molecule has 0 saturated carbocycles. The van der Waals surface area contributed by atoms with Crippen LogP contribution in [-0.4, -0.2) is 30.6 Å². The van der Waals surface area contributed by atoms with Gasteiger partial charge in [0.15, 0.2) is 5.65 Å². The quantitative estimate of drug-likeness (QED) is 0.301. The van der Waals surface area contributed by atoms with Gasteiger partial charge in [-0.25, -0.2) is 9.97 Å². The molecule has 2 N–H and O–H groups in total. The molecule has 0 saturated heterocycles. The van der Waals surface area contributed by atoms with Crippen LogP contribution >= 0.6 is 0 Å². The highest BCUT2D eigenvalue weighted by atomic mass is 19.4. The van der Waals surface area contributed by atoms with E-state index >= 15 is 0 Å². The normalized spacial score (nSPS) is 11.3. The minimum absolute atomic E-state index is 0.00856. The third-order valence-electron chi connectivity index (χ3n) is 5.95. The number of pyridine rings is 1. The van der Waals surface area contributed by atoms with Gasteiger partial charge < -0.3 is 9.88 Å². The lowest BCUT2D eigenvalue weighted by molar-refractivity contribution is -0.137. The molecule has 0 radical (unpaired) electrons. The zero-order chi connectivity index (χ0) is 27.0. The predicted octanol–water partition coefficient (Wildman–Crippen LogP) is 5.74. The van der Waals surface area contributed by atoms with Gasteiger partial charge in [-0.05, 0) is 62.7 Å². The van der Waals surface area contributed by atoms with Gasteiger partial charge in [0.25, 0.3) is 5.91 Å². The number of benzene rings is 2. The Morgan fingerprint density at radius 1 is 1.03 bits per heavy atom. The number of anilines is 1. The van der Waals surface area contributed by atoms with Crippen molar-refractivity contribution >= 4 is 22.6 Å². The molecular weight excluding hydrogens is 493 g/mol. The molecule has 0 aliphatic heterocycles. The topological polar surface area (TPSA) is 88.5 Å². The standard InChI is InChI=1S/C28H21F3N6O/c1-16-4-6-21(9-20(16)7-5-19-8-25-18(3)35-36-26(25)32-13-19)27(38)34-23-10-22(28(29,30)31)11-24(12-23)37-14-17(2)33-15-37/h4,6,8-15H,1-3H3,(H,34,38)(H,32,35,36).